The van der Waals surface area contributed by atoms with Gasteiger partial charge < -0.3 is 19.9 Å². The van der Waals surface area contributed by atoms with Crippen molar-refractivity contribution in [3.05, 3.63) is 23.8 Å². The number of hydrogen-bond acceptors (Lipinski definition) is 5. The minimum absolute atomic E-state index is 0.0217. The third-order valence-corrected chi connectivity index (χ3v) is 3.98. The molecule has 0 spiro atoms. The Bertz CT molecular complexity index is 550. The molecule has 2 N–H and O–H groups in total. The van der Waals surface area contributed by atoms with Gasteiger partial charge in [0, 0.05) is 6.04 Å². The van der Waals surface area contributed by atoms with Gasteiger partial charge in [0.25, 0.3) is 5.91 Å². The van der Waals surface area contributed by atoms with Crippen LogP contribution in [-0.4, -0.2) is 36.7 Å². The van der Waals surface area contributed by atoms with E-state index in [1.807, 2.05) is 0 Å². The van der Waals surface area contributed by atoms with E-state index in [1.54, 1.807) is 0 Å². The summed E-state index contributed by atoms with van der Waals surface area (Å²) in [4.78, 5) is 23.9. The smallest absolute Gasteiger partial charge is 0.342 e. The topological polar surface area (TPSA) is 84.9 Å². The van der Waals surface area contributed by atoms with Gasteiger partial charge in [-0.2, -0.15) is 0 Å². The summed E-state index contributed by atoms with van der Waals surface area (Å²) in [5.74, 6) is -0.845. The molecule has 23 heavy (non-hydrogen) atoms. The van der Waals surface area contributed by atoms with Crippen LogP contribution in [0.2, 0.25) is 0 Å². The lowest BCUT2D eigenvalue weighted by atomic mass is 10.1. The maximum atomic E-state index is 12.0. The van der Waals surface area contributed by atoms with Crippen LogP contribution in [0.5, 0.6) is 11.5 Å². The molecule has 0 heterocycles. The normalized spacial score (nSPS) is 15.5. The minimum Gasteiger partial charge on any atom is -0.507 e. The second-order valence-corrected chi connectivity index (χ2v) is 5.72. The van der Waals surface area contributed by atoms with E-state index in [2.05, 4.69) is 5.32 Å². The Labute approximate surface area is 135 Å². The summed E-state index contributed by atoms with van der Waals surface area (Å²) in [5.41, 5.74) is -0.0217. The second kappa shape index (κ2) is 8.41. The van der Waals surface area contributed by atoms with Crippen molar-refractivity contribution in [2.24, 2.45) is 0 Å². The van der Waals surface area contributed by atoms with Crippen molar-refractivity contribution in [1.29, 1.82) is 0 Å². The summed E-state index contributed by atoms with van der Waals surface area (Å²) in [6, 6.07) is 4.42. The minimum atomic E-state index is -0.752. The maximum absolute atomic E-state index is 12.0. The van der Waals surface area contributed by atoms with Crippen molar-refractivity contribution in [1.82, 2.24) is 5.32 Å². The number of benzene rings is 1. The van der Waals surface area contributed by atoms with E-state index in [0.717, 1.165) is 25.7 Å². The highest BCUT2D eigenvalue weighted by Crippen LogP contribution is 2.23. The number of carbonyl (C=O) groups is 2. The molecule has 0 radical (unpaired) electrons. The van der Waals surface area contributed by atoms with E-state index < -0.39 is 5.97 Å². The number of aromatic hydroxyl groups is 1. The average molecular weight is 321 g/mol. The predicted octanol–water partition coefficient (Wildman–Crippen LogP) is 2.40. The number of carbonyl (C=O) groups excluding carboxylic acids is 2. The molecule has 0 atom stereocenters. The first-order valence-corrected chi connectivity index (χ1v) is 7.93. The summed E-state index contributed by atoms with van der Waals surface area (Å²) < 4.78 is 9.98. The van der Waals surface area contributed by atoms with E-state index in [1.165, 1.54) is 38.2 Å². The summed E-state index contributed by atoms with van der Waals surface area (Å²) in [7, 11) is 1.46. The lowest BCUT2D eigenvalue weighted by molar-refractivity contribution is -0.125. The molecule has 0 aromatic heterocycles. The third-order valence-electron chi connectivity index (χ3n) is 3.98. The number of rotatable bonds is 5. The molecule has 0 saturated heterocycles. The molecule has 1 aliphatic carbocycles. The molecular weight excluding hydrogens is 298 g/mol. The van der Waals surface area contributed by atoms with Crippen molar-refractivity contribution in [2.45, 2.75) is 44.6 Å². The molecule has 1 amide bonds. The fourth-order valence-electron chi connectivity index (χ4n) is 2.71. The number of phenols is 1. The Kier molecular flexibility index (Phi) is 6.26. The lowest BCUT2D eigenvalue weighted by Gasteiger charge is -2.16. The monoisotopic (exact) mass is 321 g/mol. The zero-order chi connectivity index (χ0) is 16.7. The van der Waals surface area contributed by atoms with Gasteiger partial charge in [-0.1, -0.05) is 25.7 Å². The van der Waals surface area contributed by atoms with Crippen molar-refractivity contribution in [3.8, 4) is 11.5 Å². The lowest BCUT2D eigenvalue weighted by Crippen LogP contribution is -2.37. The van der Waals surface area contributed by atoms with Gasteiger partial charge in [0.1, 0.15) is 17.1 Å². The molecule has 0 bridgehead atoms. The van der Waals surface area contributed by atoms with E-state index in [-0.39, 0.29) is 29.9 Å². The van der Waals surface area contributed by atoms with Crippen molar-refractivity contribution >= 4 is 11.9 Å². The first kappa shape index (κ1) is 17.1. The van der Waals surface area contributed by atoms with Crippen molar-refractivity contribution in [2.75, 3.05) is 13.7 Å². The van der Waals surface area contributed by atoms with Crippen LogP contribution in [0.4, 0.5) is 0 Å². The highest BCUT2D eigenvalue weighted by atomic mass is 16.5. The molecule has 1 aromatic carbocycles. The van der Waals surface area contributed by atoms with Gasteiger partial charge >= 0.3 is 5.97 Å². The van der Waals surface area contributed by atoms with Gasteiger partial charge in [-0.05, 0) is 31.0 Å². The van der Waals surface area contributed by atoms with Crippen molar-refractivity contribution in [3.63, 3.8) is 0 Å². The summed E-state index contributed by atoms with van der Waals surface area (Å²) in [6.45, 7) is -0.355. The third kappa shape index (κ3) is 5.16. The van der Waals surface area contributed by atoms with Gasteiger partial charge in [0.2, 0.25) is 0 Å². The maximum Gasteiger partial charge on any atom is 0.342 e. The van der Waals surface area contributed by atoms with Crippen LogP contribution in [-0.2, 0) is 9.53 Å². The Morgan fingerprint density at radius 2 is 1.91 bits per heavy atom. The average Bonchev–Trinajstić information content (AvgIpc) is 2.81. The van der Waals surface area contributed by atoms with Crippen LogP contribution in [0.15, 0.2) is 18.2 Å². The Hall–Kier alpha value is -2.24. The predicted molar refractivity (Wildman–Crippen MR) is 84.6 cm³/mol. The van der Waals surface area contributed by atoms with E-state index in [0.29, 0.717) is 5.75 Å². The van der Waals surface area contributed by atoms with E-state index in [9.17, 15) is 14.7 Å². The number of esters is 1. The fourth-order valence-corrected chi connectivity index (χ4v) is 2.71. The number of amides is 1. The first-order valence-electron chi connectivity index (χ1n) is 7.93. The van der Waals surface area contributed by atoms with Crippen LogP contribution < -0.4 is 10.1 Å². The molecule has 0 unspecified atom stereocenters. The molecule has 1 aromatic rings. The second-order valence-electron chi connectivity index (χ2n) is 5.72. The number of hydrogen-bond donors (Lipinski definition) is 2. The molecule has 0 aliphatic heterocycles. The molecule has 6 heteroatoms. The van der Waals surface area contributed by atoms with Crippen LogP contribution >= 0.6 is 0 Å². The first-order chi connectivity index (χ1) is 11.1. The van der Waals surface area contributed by atoms with Crippen LogP contribution in [0, 0.1) is 0 Å². The molecule has 1 fully saturated rings. The Balaban J connectivity index is 1.84. The largest absolute Gasteiger partial charge is 0.507 e. The molecule has 126 valence electrons. The highest BCUT2D eigenvalue weighted by molar-refractivity contribution is 5.94. The van der Waals surface area contributed by atoms with Gasteiger partial charge in [-0.15, -0.1) is 0 Å². The molecule has 1 aliphatic rings. The number of methoxy groups -OCH3 is 1. The van der Waals surface area contributed by atoms with Crippen LogP contribution in [0.25, 0.3) is 0 Å². The standard InChI is InChI=1S/C17H23NO5/c1-22-13-8-9-15(19)14(10-13)17(21)23-11-16(20)18-12-6-4-2-3-5-7-12/h8-10,12,19H,2-7,11H2,1H3,(H,18,20). The van der Waals surface area contributed by atoms with Gasteiger partial charge in [-0.3, -0.25) is 4.79 Å². The van der Waals surface area contributed by atoms with E-state index in [4.69, 9.17) is 9.47 Å². The highest BCUT2D eigenvalue weighted by Gasteiger charge is 2.18. The quantitative estimate of drug-likeness (QED) is 0.642. The molecule has 1 saturated carbocycles. The zero-order valence-corrected chi connectivity index (χ0v) is 13.3. The SMILES string of the molecule is COc1ccc(O)c(C(=O)OCC(=O)NC2CCCCCC2)c1. The number of ether oxygens (including phenoxy) is 2. The zero-order valence-electron chi connectivity index (χ0n) is 13.3. The summed E-state index contributed by atoms with van der Waals surface area (Å²) in [5, 5.41) is 12.6. The number of phenolic OH excluding ortho intramolecular Hbond substituents is 1. The number of nitrogens with one attached hydrogen (secondary N) is 1. The summed E-state index contributed by atoms with van der Waals surface area (Å²) >= 11 is 0. The van der Waals surface area contributed by atoms with Gasteiger partial charge in [0.05, 0.1) is 7.11 Å². The Morgan fingerprint density at radius 3 is 2.57 bits per heavy atom. The molecular formula is C17H23NO5. The van der Waals surface area contributed by atoms with Gasteiger partial charge in [-0.25, -0.2) is 4.79 Å². The van der Waals surface area contributed by atoms with Crippen LogP contribution in [0.1, 0.15) is 48.9 Å². The van der Waals surface area contributed by atoms with Crippen LogP contribution in [0.3, 0.4) is 0 Å². The van der Waals surface area contributed by atoms with E-state index >= 15 is 0 Å². The van der Waals surface area contributed by atoms with Gasteiger partial charge in [0.15, 0.2) is 6.61 Å². The molecule has 6 nitrogen and oxygen atoms in total. The Morgan fingerprint density at radius 1 is 1.22 bits per heavy atom. The molecule has 2 rings (SSSR count). The van der Waals surface area contributed by atoms with Crippen molar-refractivity contribution < 1.29 is 24.2 Å². The fraction of sp³-hybridized carbons (Fsp3) is 0.529. The summed E-state index contributed by atoms with van der Waals surface area (Å²) in [6.07, 6.45) is 6.57.